The molecule has 0 aliphatic carbocycles. The van der Waals surface area contributed by atoms with E-state index >= 15 is 14.4 Å². The lowest BCUT2D eigenvalue weighted by Crippen LogP contribution is -2.62. The SMILES string of the molecule is NCCCC[C@H](NC(=O)[C@H](Cc1c[nH]c2ccccc12)NC(=O)[C@H](Cc1cncn1Cc1ccccc1)NC(=O)[C@H](Cc1cnc[nH]1)NC(=O)[C@H](CO)NC(=O)[C@H](Cc1c[nH]c2ccccc12)NC(=O)[C@H](Cc1cnc[nH]1)NC(=O)[C@@H]1CCC(=O)N1)C(=O)N1CCC[C@H]1C(=O)NCC(N)=O. The fourth-order valence-electron chi connectivity index (χ4n) is 12.4. The number of carbonyl (C=O) groups is 11. The van der Waals surface area contributed by atoms with Gasteiger partial charge >= 0.3 is 0 Å². The number of aliphatic hydroxyl groups excluding tert-OH is 1. The van der Waals surface area contributed by atoms with E-state index in [2.05, 4.69) is 82.7 Å². The quantitative estimate of drug-likeness (QED) is 0.0196. The highest BCUT2D eigenvalue weighted by Gasteiger charge is 2.40. The summed E-state index contributed by atoms with van der Waals surface area (Å²) in [6, 6.07) is 11.5. The van der Waals surface area contributed by atoms with Gasteiger partial charge in [0, 0.05) is 121 Å². The minimum absolute atomic E-state index is 0.0941. The van der Waals surface area contributed by atoms with E-state index < -0.39 is 127 Å². The Labute approximate surface area is 572 Å². The van der Waals surface area contributed by atoms with Crippen molar-refractivity contribution in [3.05, 3.63) is 163 Å². The van der Waals surface area contributed by atoms with Gasteiger partial charge in [0.05, 0.1) is 32.1 Å². The zero-order chi connectivity index (χ0) is 70.7. The molecule has 0 radical (unpaired) electrons. The molecular formula is C68H82N20O12. The number of nitrogens with zero attached hydrogens (tertiary/aromatic N) is 5. The summed E-state index contributed by atoms with van der Waals surface area (Å²) in [5.41, 5.74) is 15.9. The molecule has 0 bridgehead atoms. The molecule has 18 N–H and O–H groups in total. The molecule has 526 valence electrons. The van der Waals surface area contributed by atoms with E-state index in [9.17, 15) is 43.5 Å². The second-order valence-electron chi connectivity index (χ2n) is 24.8. The minimum atomic E-state index is -1.80. The summed E-state index contributed by atoms with van der Waals surface area (Å²) in [7, 11) is 0. The molecule has 2 saturated heterocycles. The summed E-state index contributed by atoms with van der Waals surface area (Å²) < 4.78 is 1.77. The maximum Gasteiger partial charge on any atom is 0.245 e. The van der Waals surface area contributed by atoms with Crippen LogP contribution in [-0.4, -0.2) is 195 Å². The highest BCUT2D eigenvalue weighted by Crippen LogP contribution is 2.24. The van der Waals surface area contributed by atoms with Gasteiger partial charge in [0.2, 0.25) is 65.0 Å². The van der Waals surface area contributed by atoms with Gasteiger partial charge in [0.15, 0.2) is 0 Å². The Hall–Kier alpha value is -11.5. The Kier molecular flexibility index (Phi) is 24.3. The van der Waals surface area contributed by atoms with Crippen LogP contribution in [0.25, 0.3) is 21.8 Å². The number of aromatic nitrogens is 8. The zero-order valence-corrected chi connectivity index (χ0v) is 54.7. The molecule has 2 aliphatic heterocycles. The maximum absolute atomic E-state index is 15.5. The Morgan fingerprint density at radius 2 is 1.09 bits per heavy atom. The fraction of sp³-hybridized carbons (Fsp3) is 0.382. The van der Waals surface area contributed by atoms with E-state index in [0.29, 0.717) is 58.4 Å². The van der Waals surface area contributed by atoms with Gasteiger partial charge in [-0.2, -0.15) is 0 Å². The molecule has 3 aromatic carbocycles. The predicted octanol–water partition coefficient (Wildman–Crippen LogP) is -1.76. The number of carbonyl (C=O) groups excluding carboxylic acids is 11. The summed E-state index contributed by atoms with van der Waals surface area (Å²) in [4.78, 5) is 181. The van der Waals surface area contributed by atoms with Crippen molar-refractivity contribution in [2.75, 3.05) is 26.2 Å². The number of aromatic amines is 4. The van der Waals surface area contributed by atoms with Crippen molar-refractivity contribution in [1.29, 1.82) is 0 Å². The molecule has 8 aromatic rings. The van der Waals surface area contributed by atoms with Crippen molar-refractivity contribution in [2.45, 2.75) is 138 Å². The van der Waals surface area contributed by atoms with Crippen LogP contribution in [0.15, 0.2) is 129 Å². The molecule has 0 spiro atoms. The lowest BCUT2D eigenvalue weighted by molar-refractivity contribution is -0.142. The number of amides is 11. The van der Waals surface area contributed by atoms with Gasteiger partial charge in [-0.3, -0.25) is 52.7 Å². The summed E-state index contributed by atoms with van der Waals surface area (Å²) in [5, 5.41) is 36.7. The Bertz CT molecular complexity index is 4170. The second kappa shape index (κ2) is 34.1. The number of primary amides is 1. The first-order chi connectivity index (χ1) is 48.4. The monoisotopic (exact) mass is 1370 g/mol. The number of hydrogen-bond acceptors (Lipinski definition) is 16. The van der Waals surface area contributed by atoms with Gasteiger partial charge in [0.1, 0.15) is 54.4 Å². The highest BCUT2D eigenvalue weighted by molar-refractivity contribution is 6.00. The third-order valence-electron chi connectivity index (χ3n) is 17.7. The van der Waals surface area contributed by atoms with E-state index in [0.717, 1.165) is 16.5 Å². The first kappa shape index (κ1) is 71.2. The van der Waals surface area contributed by atoms with Crippen LogP contribution in [0.2, 0.25) is 0 Å². The number of nitrogens with one attached hydrogen (secondary N) is 13. The van der Waals surface area contributed by atoms with Gasteiger partial charge in [-0.1, -0.05) is 66.7 Å². The van der Waals surface area contributed by atoms with Crippen molar-refractivity contribution in [3.63, 3.8) is 0 Å². The van der Waals surface area contributed by atoms with Gasteiger partial charge in [-0.05, 0) is 73.9 Å². The standard InChI is InChI=1S/C68H82N20O12/c69-21-9-8-17-50(68(100)88-22-10-18-57(88)67(99)76-33-58(70)90)80-61(93)51(23-40-28-74-47-15-6-4-13-45(40)47)82-65(97)55(27-44-32-73-38-87(44)34-39-11-2-1-3-12-39)85-64(96)54(26-43-31-72-37-78-43)84-66(98)56(35-89)86-62(94)52(24-41-29-75-48-16-7-5-14-46(41)48)81-63(95)53(25-42-30-71-36-77-42)83-60(92)49-19-20-59(91)79-49/h1-7,11-16,28-32,36-38,49-57,74-75,89H,8-10,17-27,33-35,69H2,(H2,70,90)(H,71,77)(H,72,78)(H,76,99)(H,79,91)(H,80,93)(H,81,95)(H,82,97)(H,83,92)(H,84,98)(H,85,96)(H,86,94)/t49-,50-,51-,52-,53-,54-,55-,56-,57-/m0/s1. The van der Waals surface area contributed by atoms with Crippen LogP contribution in [0, 0.1) is 0 Å². The number of nitrogens with two attached hydrogens (primary N) is 2. The smallest absolute Gasteiger partial charge is 0.245 e. The van der Waals surface area contributed by atoms with E-state index in [1.165, 1.54) is 36.1 Å². The number of unbranched alkanes of at least 4 members (excludes halogenated alkanes) is 1. The topological polar surface area (TPSA) is 478 Å². The Balaban J connectivity index is 0.926. The minimum Gasteiger partial charge on any atom is -0.394 e. The van der Waals surface area contributed by atoms with Crippen LogP contribution in [0.3, 0.4) is 0 Å². The van der Waals surface area contributed by atoms with Crippen molar-refractivity contribution in [2.24, 2.45) is 11.5 Å². The largest absolute Gasteiger partial charge is 0.394 e. The Morgan fingerprint density at radius 3 is 1.62 bits per heavy atom. The van der Waals surface area contributed by atoms with E-state index in [1.54, 1.807) is 47.6 Å². The average Bonchev–Trinajstić information content (AvgIpc) is 1.62. The first-order valence-corrected chi connectivity index (χ1v) is 33.1. The first-order valence-electron chi connectivity index (χ1n) is 33.1. The third-order valence-corrected chi connectivity index (χ3v) is 17.7. The number of rotatable bonds is 35. The van der Waals surface area contributed by atoms with E-state index in [1.807, 2.05) is 54.6 Å². The molecule has 32 heteroatoms. The van der Waals surface area contributed by atoms with Crippen LogP contribution in [-0.2, 0) is 91.4 Å². The summed E-state index contributed by atoms with van der Waals surface area (Å²) >= 11 is 0. The normalized spacial score (nSPS) is 16.4. The molecule has 9 atom stereocenters. The van der Waals surface area contributed by atoms with Crippen molar-refractivity contribution >= 4 is 86.8 Å². The maximum atomic E-state index is 15.5. The number of para-hydroxylation sites is 2. The van der Waals surface area contributed by atoms with E-state index in [-0.39, 0.29) is 83.3 Å². The summed E-state index contributed by atoms with van der Waals surface area (Å²) in [5.74, 6) is -8.40. The molecule has 5 aromatic heterocycles. The molecule has 100 heavy (non-hydrogen) atoms. The molecule has 0 unspecified atom stereocenters. The molecule has 10 rings (SSSR count). The van der Waals surface area contributed by atoms with Crippen LogP contribution >= 0.6 is 0 Å². The molecule has 2 aliphatic rings. The van der Waals surface area contributed by atoms with Gasteiger partial charge in [-0.25, -0.2) is 15.0 Å². The number of hydrogen-bond donors (Lipinski definition) is 16. The molecular weight excluding hydrogens is 1290 g/mol. The lowest BCUT2D eigenvalue weighted by atomic mass is 10.0. The number of benzene rings is 3. The molecule has 7 heterocycles. The van der Waals surface area contributed by atoms with Crippen molar-refractivity contribution in [1.82, 2.24) is 92.2 Å². The van der Waals surface area contributed by atoms with Crippen LogP contribution in [0.4, 0.5) is 0 Å². The molecule has 11 amide bonds. The van der Waals surface area contributed by atoms with Crippen molar-refractivity contribution < 1.29 is 57.8 Å². The van der Waals surface area contributed by atoms with E-state index in [4.69, 9.17) is 11.5 Å². The highest BCUT2D eigenvalue weighted by atomic mass is 16.3. The number of imidazole rings is 3. The van der Waals surface area contributed by atoms with Crippen LogP contribution in [0.5, 0.6) is 0 Å². The van der Waals surface area contributed by atoms with Crippen LogP contribution < -0.4 is 59.3 Å². The van der Waals surface area contributed by atoms with Gasteiger partial charge in [-0.15, -0.1) is 0 Å². The summed E-state index contributed by atoms with van der Waals surface area (Å²) in [6.45, 7) is -0.749. The number of H-pyrrole nitrogens is 4. The third kappa shape index (κ3) is 18.8. The second-order valence-corrected chi connectivity index (χ2v) is 24.8. The van der Waals surface area contributed by atoms with Crippen molar-refractivity contribution in [3.8, 4) is 0 Å². The fourth-order valence-corrected chi connectivity index (χ4v) is 12.4. The molecule has 0 saturated carbocycles. The van der Waals surface area contributed by atoms with Crippen LogP contribution in [0.1, 0.15) is 78.7 Å². The molecule has 32 nitrogen and oxygen atoms in total. The van der Waals surface area contributed by atoms with Gasteiger partial charge in [0.25, 0.3) is 0 Å². The number of likely N-dealkylation sites (tertiary alicyclic amines) is 1. The summed E-state index contributed by atoms with van der Waals surface area (Å²) in [6.07, 6.45) is 13.0. The average molecular weight is 1370 g/mol. The zero-order valence-electron chi connectivity index (χ0n) is 54.7. The predicted molar refractivity (Wildman–Crippen MR) is 362 cm³/mol. The molecule has 2 fully saturated rings. The lowest BCUT2D eigenvalue weighted by Gasteiger charge is -2.30. The number of aliphatic hydroxyl groups is 1. The number of fused-ring (bicyclic) bond motifs is 2. The Morgan fingerprint density at radius 1 is 0.570 bits per heavy atom. The van der Waals surface area contributed by atoms with Gasteiger partial charge < -0.3 is 93.8 Å².